The zero-order valence-corrected chi connectivity index (χ0v) is 16.2. The molecule has 1 aromatic carbocycles. The zero-order valence-electron chi connectivity index (χ0n) is 13.8. The third kappa shape index (κ3) is 6.13. The van der Waals surface area contributed by atoms with Crippen molar-refractivity contribution in [3.05, 3.63) is 33.8 Å². The number of halogens is 3. The standard InChI is InChI=1S/C16H23Cl2N3O2.ClH/c1-3-16(4-2,11-5-6-12(17)13(18)7-11)10-21-15(23)9-20-14(22)8-19;/h5-7H,3-4,8-10,19H2,1-2H3,(H,20,22)(H,21,23);1H. The van der Waals surface area contributed by atoms with E-state index < -0.39 is 0 Å². The van der Waals surface area contributed by atoms with E-state index in [0.717, 1.165) is 18.4 Å². The molecule has 0 bridgehead atoms. The van der Waals surface area contributed by atoms with Crippen molar-refractivity contribution in [3.63, 3.8) is 0 Å². The summed E-state index contributed by atoms with van der Waals surface area (Å²) in [5.74, 6) is -0.611. The summed E-state index contributed by atoms with van der Waals surface area (Å²) >= 11 is 12.1. The van der Waals surface area contributed by atoms with Gasteiger partial charge in [-0.15, -0.1) is 12.4 Å². The van der Waals surface area contributed by atoms with Crippen molar-refractivity contribution in [1.82, 2.24) is 10.6 Å². The molecule has 0 aliphatic rings. The van der Waals surface area contributed by atoms with Gasteiger partial charge in [0, 0.05) is 12.0 Å². The molecule has 0 spiro atoms. The van der Waals surface area contributed by atoms with Crippen LogP contribution in [0.5, 0.6) is 0 Å². The van der Waals surface area contributed by atoms with E-state index in [9.17, 15) is 9.59 Å². The molecule has 24 heavy (non-hydrogen) atoms. The van der Waals surface area contributed by atoms with Gasteiger partial charge in [0.05, 0.1) is 23.1 Å². The molecule has 0 aliphatic carbocycles. The number of amides is 2. The summed E-state index contributed by atoms with van der Waals surface area (Å²) in [7, 11) is 0. The Labute approximate surface area is 159 Å². The van der Waals surface area contributed by atoms with Gasteiger partial charge in [0.25, 0.3) is 0 Å². The second-order valence-corrected chi connectivity index (χ2v) is 6.19. The van der Waals surface area contributed by atoms with Crippen molar-refractivity contribution < 1.29 is 9.59 Å². The molecule has 1 rings (SSSR count). The smallest absolute Gasteiger partial charge is 0.239 e. The maximum absolute atomic E-state index is 11.9. The zero-order chi connectivity index (χ0) is 17.5. The van der Waals surface area contributed by atoms with Crippen molar-refractivity contribution in [3.8, 4) is 0 Å². The minimum Gasteiger partial charge on any atom is -0.354 e. The minimum absolute atomic E-state index is 0. The number of nitrogens with two attached hydrogens (primary N) is 1. The van der Waals surface area contributed by atoms with E-state index in [4.69, 9.17) is 28.9 Å². The molecule has 136 valence electrons. The molecule has 0 saturated carbocycles. The van der Waals surface area contributed by atoms with Crippen LogP contribution in [0.1, 0.15) is 32.3 Å². The first-order valence-corrected chi connectivity index (χ1v) is 8.33. The van der Waals surface area contributed by atoms with Gasteiger partial charge < -0.3 is 16.4 Å². The van der Waals surface area contributed by atoms with Gasteiger partial charge in [-0.2, -0.15) is 0 Å². The van der Waals surface area contributed by atoms with Crippen molar-refractivity contribution >= 4 is 47.4 Å². The molecule has 0 unspecified atom stereocenters. The molecule has 2 amide bonds. The van der Waals surface area contributed by atoms with Crippen LogP contribution < -0.4 is 16.4 Å². The highest BCUT2D eigenvalue weighted by atomic mass is 35.5. The summed E-state index contributed by atoms with van der Waals surface area (Å²) < 4.78 is 0. The minimum atomic E-state index is -0.359. The fraction of sp³-hybridized carbons (Fsp3) is 0.500. The normalized spacial score (nSPS) is 10.7. The number of rotatable bonds is 8. The second-order valence-electron chi connectivity index (χ2n) is 5.37. The SMILES string of the molecule is CCC(CC)(CNC(=O)CNC(=O)CN)c1ccc(Cl)c(Cl)c1.Cl. The first-order chi connectivity index (χ1) is 10.9. The van der Waals surface area contributed by atoms with Gasteiger partial charge in [-0.25, -0.2) is 0 Å². The predicted molar refractivity (Wildman–Crippen MR) is 101 cm³/mol. The van der Waals surface area contributed by atoms with Gasteiger partial charge in [0.1, 0.15) is 0 Å². The van der Waals surface area contributed by atoms with Gasteiger partial charge in [-0.1, -0.05) is 43.1 Å². The van der Waals surface area contributed by atoms with Crippen LogP contribution in [0.3, 0.4) is 0 Å². The summed E-state index contributed by atoms with van der Waals surface area (Å²) in [6.07, 6.45) is 1.66. The lowest BCUT2D eigenvalue weighted by atomic mass is 9.76. The monoisotopic (exact) mass is 395 g/mol. The molecule has 0 aliphatic heterocycles. The molecule has 0 fully saturated rings. The molecular weight excluding hydrogens is 373 g/mol. The lowest BCUT2D eigenvalue weighted by Gasteiger charge is -2.33. The summed E-state index contributed by atoms with van der Waals surface area (Å²) in [5.41, 5.74) is 5.98. The Bertz CT molecular complexity index is 563. The van der Waals surface area contributed by atoms with Crippen LogP contribution in [0.15, 0.2) is 18.2 Å². The molecule has 0 atom stereocenters. The highest BCUT2D eigenvalue weighted by Crippen LogP contribution is 2.34. The van der Waals surface area contributed by atoms with Gasteiger partial charge in [0.15, 0.2) is 0 Å². The van der Waals surface area contributed by atoms with E-state index in [1.54, 1.807) is 6.07 Å². The molecule has 1 aromatic rings. The first kappa shape index (κ1) is 23.0. The third-order valence-corrected chi connectivity index (χ3v) is 4.88. The molecule has 4 N–H and O–H groups in total. The van der Waals surface area contributed by atoms with E-state index in [2.05, 4.69) is 24.5 Å². The topological polar surface area (TPSA) is 84.2 Å². The lowest BCUT2D eigenvalue weighted by molar-refractivity contribution is -0.125. The average Bonchev–Trinajstić information content (AvgIpc) is 2.56. The van der Waals surface area contributed by atoms with Crippen molar-refractivity contribution in [2.24, 2.45) is 5.73 Å². The van der Waals surface area contributed by atoms with Gasteiger partial charge >= 0.3 is 0 Å². The van der Waals surface area contributed by atoms with Gasteiger partial charge in [0.2, 0.25) is 11.8 Å². The first-order valence-electron chi connectivity index (χ1n) is 7.57. The quantitative estimate of drug-likeness (QED) is 0.631. The van der Waals surface area contributed by atoms with Crippen molar-refractivity contribution in [2.45, 2.75) is 32.1 Å². The number of carbonyl (C=O) groups excluding carboxylic acids is 2. The molecule has 0 heterocycles. The second kappa shape index (κ2) is 10.8. The van der Waals surface area contributed by atoms with Crippen molar-refractivity contribution in [1.29, 1.82) is 0 Å². The van der Waals surface area contributed by atoms with E-state index >= 15 is 0 Å². The summed E-state index contributed by atoms with van der Waals surface area (Å²) in [6.45, 7) is 4.36. The van der Waals surface area contributed by atoms with Crippen molar-refractivity contribution in [2.75, 3.05) is 19.6 Å². The molecule has 0 aromatic heterocycles. The summed E-state index contributed by atoms with van der Waals surface area (Å²) in [5, 5.41) is 6.31. The van der Waals surface area contributed by atoms with Crippen LogP contribution in [-0.2, 0) is 15.0 Å². The molecule has 8 heteroatoms. The maximum atomic E-state index is 11.9. The molecular formula is C16H24Cl3N3O2. The number of hydrogen-bond donors (Lipinski definition) is 3. The highest BCUT2D eigenvalue weighted by Gasteiger charge is 2.29. The number of benzene rings is 1. The van der Waals surface area contributed by atoms with Crippen LogP contribution in [0.25, 0.3) is 0 Å². The molecule has 5 nitrogen and oxygen atoms in total. The highest BCUT2D eigenvalue weighted by molar-refractivity contribution is 6.42. The average molecular weight is 397 g/mol. The Morgan fingerprint density at radius 1 is 1.08 bits per heavy atom. The Hall–Kier alpha value is -1.01. The van der Waals surface area contributed by atoms with E-state index in [1.807, 2.05) is 12.1 Å². The Morgan fingerprint density at radius 3 is 2.21 bits per heavy atom. The van der Waals surface area contributed by atoms with Crippen LogP contribution >= 0.6 is 35.6 Å². The Kier molecular flexibility index (Phi) is 10.3. The van der Waals surface area contributed by atoms with E-state index in [-0.39, 0.29) is 42.7 Å². The van der Waals surface area contributed by atoms with Gasteiger partial charge in [-0.05, 0) is 30.5 Å². The fourth-order valence-electron chi connectivity index (χ4n) is 2.42. The number of carbonyl (C=O) groups is 2. The fourth-order valence-corrected chi connectivity index (χ4v) is 2.72. The van der Waals surface area contributed by atoms with Gasteiger partial charge in [-0.3, -0.25) is 9.59 Å². The largest absolute Gasteiger partial charge is 0.354 e. The molecule has 0 radical (unpaired) electrons. The summed E-state index contributed by atoms with van der Waals surface area (Å²) in [4.78, 5) is 23.0. The van der Waals surface area contributed by atoms with Crippen LogP contribution in [0.4, 0.5) is 0 Å². The number of nitrogens with one attached hydrogen (secondary N) is 2. The van der Waals surface area contributed by atoms with Crippen LogP contribution in [0, 0.1) is 0 Å². The van der Waals surface area contributed by atoms with E-state index in [0.29, 0.717) is 16.6 Å². The third-order valence-electron chi connectivity index (χ3n) is 4.14. The maximum Gasteiger partial charge on any atom is 0.239 e. The van der Waals surface area contributed by atoms with Crippen LogP contribution in [0.2, 0.25) is 10.0 Å². The number of hydrogen-bond acceptors (Lipinski definition) is 3. The van der Waals surface area contributed by atoms with Crippen LogP contribution in [-0.4, -0.2) is 31.4 Å². The van der Waals surface area contributed by atoms with E-state index in [1.165, 1.54) is 0 Å². The summed E-state index contributed by atoms with van der Waals surface area (Å²) in [6, 6.07) is 5.55. The molecule has 0 saturated heterocycles. The predicted octanol–water partition coefficient (Wildman–Crippen LogP) is 2.66. The Balaban J connectivity index is 0.00000529. The lowest BCUT2D eigenvalue weighted by Crippen LogP contribution is -2.45. The Morgan fingerprint density at radius 2 is 1.71 bits per heavy atom.